The van der Waals surface area contributed by atoms with Gasteiger partial charge in [-0.25, -0.2) is 23.5 Å². The lowest BCUT2D eigenvalue weighted by Gasteiger charge is -2.33. The Morgan fingerprint density at radius 1 is 1.02 bits per heavy atom. The quantitative estimate of drug-likeness (QED) is 0.277. The number of nitrogens with zero attached hydrogens (tertiary/aromatic N) is 5. The number of rotatable bonds is 10. The molecular formula is C34H47F2N7O4. The molecule has 1 saturated heterocycles. The van der Waals surface area contributed by atoms with Crippen molar-refractivity contribution in [1.82, 2.24) is 30.2 Å². The maximum atomic E-state index is 14.2. The molecule has 2 aromatic heterocycles. The lowest BCUT2D eigenvalue weighted by Crippen LogP contribution is -2.57. The van der Waals surface area contributed by atoms with Crippen molar-refractivity contribution >= 4 is 29.0 Å². The predicted molar refractivity (Wildman–Crippen MR) is 175 cm³/mol. The van der Waals surface area contributed by atoms with Crippen molar-refractivity contribution in [2.75, 3.05) is 31.2 Å². The van der Waals surface area contributed by atoms with E-state index in [0.29, 0.717) is 61.4 Å². The molecule has 11 nitrogen and oxygen atoms in total. The fraction of sp³-hybridized carbons (Fsp3) is 0.618. The SMILES string of the molecule is CC(C)(C)OC(=O)NC(C)(C)C(=O)NC1CCC(CCCc2cc(-n3c(C(F)F)nc4ccccc43)nc(N3CCOCC3)n2)CC1. The Morgan fingerprint density at radius 2 is 1.72 bits per heavy atom. The normalized spacial score (nSPS) is 19.2. The van der Waals surface area contributed by atoms with E-state index >= 15 is 0 Å². The molecule has 47 heavy (non-hydrogen) atoms. The zero-order valence-corrected chi connectivity index (χ0v) is 28.0. The molecule has 2 N–H and O–H groups in total. The van der Waals surface area contributed by atoms with Crippen molar-refractivity contribution in [2.24, 2.45) is 5.92 Å². The number of nitrogens with one attached hydrogen (secondary N) is 2. The summed E-state index contributed by atoms with van der Waals surface area (Å²) >= 11 is 0. The number of morpholine rings is 1. The Hall–Kier alpha value is -3.87. The summed E-state index contributed by atoms with van der Waals surface area (Å²) in [6.07, 6.45) is 2.88. The molecular weight excluding hydrogens is 608 g/mol. The molecule has 1 aliphatic heterocycles. The summed E-state index contributed by atoms with van der Waals surface area (Å²) in [6, 6.07) is 8.96. The van der Waals surface area contributed by atoms with Gasteiger partial charge in [0.05, 0.1) is 24.2 Å². The van der Waals surface area contributed by atoms with Crippen LogP contribution in [-0.4, -0.2) is 75.0 Å². The summed E-state index contributed by atoms with van der Waals surface area (Å²) in [4.78, 5) is 41.1. The van der Waals surface area contributed by atoms with E-state index in [4.69, 9.17) is 19.4 Å². The first-order valence-corrected chi connectivity index (χ1v) is 16.6. The second-order valence-corrected chi connectivity index (χ2v) is 14.0. The molecule has 5 rings (SSSR count). The Balaban J connectivity index is 1.20. The first kappa shape index (κ1) is 34.5. The van der Waals surface area contributed by atoms with Crippen molar-refractivity contribution in [3.8, 4) is 5.82 Å². The van der Waals surface area contributed by atoms with Crippen LogP contribution in [0.15, 0.2) is 30.3 Å². The highest BCUT2D eigenvalue weighted by atomic mass is 19.3. The zero-order valence-electron chi connectivity index (χ0n) is 28.0. The minimum atomic E-state index is -2.76. The average molecular weight is 656 g/mol. The van der Waals surface area contributed by atoms with E-state index in [1.165, 1.54) is 4.57 Å². The van der Waals surface area contributed by atoms with Gasteiger partial charge in [0, 0.05) is 30.9 Å². The van der Waals surface area contributed by atoms with Crippen LogP contribution in [-0.2, 0) is 20.7 Å². The van der Waals surface area contributed by atoms with Crippen LogP contribution in [0.4, 0.5) is 19.5 Å². The Morgan fingerprint density at radius 3 is 2.40 bits per heavy atom. The van der Waals surface area contributed by atoms with Gasteiger partial charge >= 0.3 is 6.09 Å². The highest BCUT2D eigenvalue weighted by molar-refractivity contribution is 5.89. The van der Waals surface area contributed by atoms with Gasteiger partial charge in [0.1, 0.15) is 17.0 Å². The Labute approximate surface area is 274 Å². The molecule has 1 aliphatic carbocycles. The third-order valence-electron chi connectivity index (χ3n) is 8.67. The second kappa shape index (κ2) is 14.5. The van der Waals surface area contributed by atoms with Crippen LogP contribution < -0.4 is 15.5 Å². The molecule has 2 amide bonds. The van der Waals surface area contributed by atoms with Crippen molar-refractivity contribution in [3.05, 3.63) is 41.9 Å². The average Bonchev–Trinajstić information content (AvgIpc) is 3.41. The number of benzene rings is 1. The second-order valence-electron chi connectivity index (χ2n) is 14.0. The largest absolute Gasteiger partial charge is 0.444 e. The Bertz CT molecular complexity index is 1540. The molecule has 0 spiro atoms. The van der Waals surface area contributed by atoms with Crippen LogP contribution >= 0.6 is 0 Å². The van der Waals surface area contributed by atoms with Gasteiger partial charge in [-0.3, -0.25) is 9.36 Å². The predicted octanol–water partition coefficient (Wildman–Crippen LogP) is 5.89. The van der Waals surface area contributed by atoms with E-state index < -0.39 is 23.7 Å². The minimum Gasteiger partial charge on any atom is -0.444 e. The van der Waals surface area contributed by atoms with E-state index in [-0.39, 0.29) is 17.8 Å². The number of carbonyl (C=O) groups excluding carboxylic acids is 2. The number of carbonyl (C=O) groups is 2. The van der Waals surface area contributed by atoms with Gasteiger partial charge in [0.25, 0.3) is 6.43 Å². The van der Waals surface area contributed by atoms with Crippen molar-refractivity contribution < 1.29 is 27.8 Å². The van der Waals surface area contributed by atoms with Crippen LogP contribution in [0, 0.1) is 5.92 Å². The summed E-state index contributed by atoms with van der Waals surface area (Å²) in [5, 5.41) is 5.79. The van der Waals surface area contributed by atoms with Crippen molar-refractivity contribution in [1.29, 1.82) is 0 Å². The molecule has 2 fully saturated rings. The first-order chi connectivity index (χ1) is 22.3. The number of aryl methyl sites for hydroxylation is 1. The number of hydrogen-bond donors (Lipinski definition) is 2. The van der Waals surface area contributed by atoms with Gasteiger partial charge in [-0.1, -0.05) is 18.6 Å². The van der Waals surface area contributed by atoms with E-state index in [2.05, 4.69) is 15.6 Å². The summed E-state index contributed by atoms with van der Waals surface area (Å²) < 4.78 is 40.6. The molecule has 0 radical (unpaired) electrons. The molecule has 0 atom stereocenters. The third kappa shape index (κ3) is 8.94. The number of anilines is 1. The van der Waals surface area contributed by atoms with Gasteiger partial charge < -0.3 is 25.0 Å². The Kier molecular flexibility index (Phi) is 10.6. The molecule has 1 aromatic carbocycles. The number of alkyl halides is 2. The highest BCUT2D eigenvalue weighted by Gasteiger charge is 2.34. The summed E-state index contributed by atoms with van der Waals surface area (Å²) in [7, 11) is 0. The number of halogens is 2. The smallest absolute Gasteiger partial charge is 0.408 e. The lowest BCUT2D eigenvalue weighted by atomic mass is 9.82. The number of fused-ring (bicyclic) bond motifs is 1. The van der Waals surface area contributed by atoms with Crippen LogP contribution in [0.25, 0.3) is 16.9 Å². The van der Waals surface area contributed by atoms with Crippen LogP contribution in [0.1, 0.15) is 91.1 Å². The summed E-state index contributed by atoms with van der Waals surface area (Å²) in [6.45, 7) is 11.0. The molecule has 3 heterocycles. The first-order valence-electron chi connectivity index (χ1n) is 16.6. The zero-order chi connectivity index (χ0) is 33.8. The van der Waals surface area contributed by atoms with E-state index in [0.717, 1.165) is 44.2 Å². The number of alkyl carbamates (subject to hydrolysis) is 1. The number of aromatic nitrogens is 4. The molecule has 256 valence electrons. The number of ether oxygens (including phenoxy) is 2. The van der Waals surface area contributed by atoms with Gasteiger partial charge in [-0.15, -0.1) is 0 Å². The lowest BCUT2D eigenvalue weighted by molar-refractivity contribution is -0.127. The van der Waals surface area contributed by atoms with Crippen LogP contribution in [0.5, 0.6) is 0 Å². The van der Waals surface area contributed by atoms with Crippen LogP contribution in [0.2, 0.25) is 0 Å². The highest BCUT2D eigenvalue weighted by Crippen LogP contribution is 2.31. The van der Waals surface area contributed by atoms with E-state index in [1.807, 2.05) is 17.0 Å². The molecule has 13 heteroatoms. The summed E-state index contributed by atoms with van der Waals surface area (Å²) in [5.74, 6) is 0.846. The molecule has 3 aromatic rings. The number of para-hydroxylation sites is 2. The van der Waals surface area contributed by atoms with Crippen molar-refractivity contribution in [3.63, 3.8) is 0 Å². The fourth-order valence-corrected chi connectivity index (χ4v) is 6.20. The van der Waals surface area contributed by atoms with Crippen LogP contribution in [0.3, 0.4) is 0 Å². The molecule has 1 saturated carbocycles. The molecule has 0 unspecified atom stereocenters. The van der Waals surface area contributed by atoms with E-state index in [1.54, 1.807) is 52.8 Å². The van der Waals surface area contributed by atoms with E-state index in [9.17, 15) is 18.4 Å². The topological polar surface area (TPSA) is 123 Å². The maximum Gasteiger partial charge on any atom is 0.408 e. The standard InChI is InChI=1S/C34H47F2N7O4/c1-33(2,3)47-32(45)41-34(4,5)30(44)37-23-15-13-22(14-16-23)9-8-10-24-21-27(40-31(38-24)42-17-19-46-20-18-42)43-26-12-7-6-11-25(26)39-29(43)28(35)36/h6-7,11-12,21-23,28H,8-10,13-20H2,1-5H3,(H,37,44)(H,41,45). The van der Waals surface area contributed by atoms with Gasteiger partial charge in [-0.2, -0.15) is 4.98 Å². The van der Waals surface area contributed by atoms with Gasteiger partial charge in [0.15, 0.2) is 5.82 Å². The fourth-order valence-electron chi connectivity index (χ4n) is 6.20. The van der Waals surface area contributed by atoms with Gasteiger partial charge in [0.2, 0.25) is 11.9 Å². The third-order valence-corrected chi connectivity index (χ3v) is 8.67. The van der Waals surface area contributed by atoms with Crippen molar-refractivity contribution in [2.45, 2.75) is 103 Å². The van der Waals surface area contributed by atoms with Gasteiger partial charge in [-0.05, 0) is 91.2 Å². The molecule has 2 aliphatic rings. The minimum absolute atomic E-state index is 0.0491. The maximum absolute atomic E-state index is 14.2. The molecule has 0 bridgehead atoms. The number of imidazole rings is 1. The number of hydrogen-bond acceptors (Lipinski definition) is 8. The summed E-state index contributed by atoms with van der Waals surface area (Å²) in [5.41, 5.74) is 0.117. The monoisotopic (exact) mass is 655 g/mol. The number of amides is 2.